The van der Waals surface area contributed by atoms with Crippen molar-refractivity contribution in [1.82, 2.24) is 0 Å². The summed E-state index contributed by atoms with van der Waals surface area (Å²) >= 11 is 0. The van der Waals surface area contributed by atoms with Crippen LogP contribution in [0.5, 0.6) is 5.75 Å². The fraction of sp³-hybridized carbons (Fsp3) is 0.667. The Morgan fingerprint density at radius 3 is 2.38 bits per heavy atom. The Bertz CT molecular complexity index is 380. The number of rotatable bonds is 7. The fourth-order valence-electron chi connectivity index (χ4n) is 2.74. The van der Waals surface area contributed by atoms with E-state index in [4.69, 9.17) is 9.47 Å². The van der Waals surface area contributed by atoms with Gasteiger partial charge in [0.05, 0.1) is 19.3 Å². The topological polar surface area (TPSA) is 38.7 Å². The van der Waals surface area contributed by atoms with Crippen LogP contribution in [0.15, 0.2) is 24.3 Å². The van der Waals surface area contributed by atoms with E-state index in [1.54, 1.807) is 0 Å². The lowest BCUT2D eigenvalue weighted by Gasteiger charge is -2.18. The minimum atomic E-state index is -0.548. The van der Waals surface area contributed by atoms with E-state index in [9.17, 15) is 5.11 Å². The van der Waals surface area contributed by atoms with Crippen LogP contribution in [0.1, 0.15) is 63.5 Å². The van der Waals surface area contributed by atoms with Crippen molar-refractivity contribution in [2.45, 2.75) is 64.1 Å². The zero-order valence-electron chi connectivity index (χ0n) is 13.1. The maximum Gasteiger partial charge on any atom is 0.119 e. The summed E-state index contributed by atoms with van der Waals surface area (Å²) in [6.07, 6.45) is 8.20. The molecule has 1 aliphatic rings. The van der Waals surface area contributed by atoms with Crippen molar-refractivity contribution < 1.29 is 14.6 Å². The maximum atomic E-state index is 10.2. The second-order valence-corrected chi connectivity index (χ2v) is 5.88. The van der Waals surface area contributed by atoms with E-state index < -0.39 is 6.10 Å². The van der Waals surface area contributed by atoms with Crippen molar-refractivity contribution in [2.75, 3.05) is 13.2 Å². The molecule has 3 nitrogen and oxygen atoms in total. The molecule has 0 amide bonds. The summed E-state index contributed by atoms with van der Waals surface area (Å²) in [4.78, 5) is 0. The number of aliphatic hydroxyl groups is 1. The molecular weight excluding hydrogens is 264 g/mol. The largest absolute Gasteiger partial charge is 0.494 e. The predicted octanol–water partition coefficient (Wildman–Crippen LogP) is 4.25. The van der Waals surface area contributed by atoms with Crippen LogP contribution in [-0.2, 0) is 4.74 Å². The molecule has 0 bridgehead atoms. The first-order valence-corrected chi connectivity index (χ1v) is 8.32. The smallest absolute Gasteiger partial charge is 0.119 e. The first-order chi connectivity index (χ1) is 10.3. The summed E-state index contributed by atoms with van der Waals surface area (Å²) in [7, 11) is 0. The SMILES string of the molecule is CCCOc1ccc(C(O)COC2CCCCCC2)cc1. The highest BCUT2D eigenvalue weighted by Gasteiger charge is 2.15. The molecule has 1 atom stereocenters. The van der Waals surface area contributed by atoms with Gasteiger partial charge in [0.15, 0.2) is 0 Å². The second kappa shape index (κ2) is 9.06. The van der Waals surface area contributed by atoms with Gasteiger partial charge in [-0.05, 0) is 37.0 Å². The molecule has 0 spiro atoms. The van der Waals surface area contributed by atoms with Crippen molar-refractivity contribution in [3.8, 4) is 5.75 Å². The average Bonchev–Trinajstić information content (AvgIpc) is 2.80. The molecule has 1 fully saturated rings. The lowest BCUT2D eigenvalue weighted by molar-refractivity contribution is -0.0159. The third-order valence-corrected chi connectivity index (χ3v) is 4.03. The van der Waals surface area contributed by atoms with Crippen LogP contribution in [0.25, 0.3) is 0 Å². The van der Waals surface area contributed by atoms with Crippen molar-refractivity contribution in [2.24, 2.45) is 0 Å². The summed E-state index contributed by atoms with van der Waals surface area (Å²) in [6, 6.07) is 7.68. The molecule has 0 aromatic heterocycles. The molecule has 1 aromatic rings. The highest BCUT2D eigenvalue weighted by molar-refractivity contribution is 5.28. The van der Waals surface area contributed by atoms with E-state index in [0.29, 0.717) is 12.7 Å². The molecule has 1 saturated carbocycles. The lowest BCUT2D eigenvalue weighted by atomic mass is 10.1. The van der Waals surface area contributed by atoms with Gasteiger partial charge in [-0.1, -0.05) is 44.7 Å². The van der Waals surface area contributed by atoms with Crippen LogP contribution in [0.4, 0.5) is 0 Å². The number of hydrogen-bond donors (Lipinski definition) is 1. The maximum absolute atomic E-state index is 10.2. The van der Waals surface area contributed by atoms with Gasteiger partial charge in [0.1, 0.15) is 11.9 Å². The van der Waals surface area contributed by atoms with Crippen molar-refractivity contribution in [3.63, 3.8) is 0 Å². The summed E-state index contributed by atoms with van der Waals surface area (Å²) in [5.41, 5.74) is 0.896. The van der Waals surface area contributed by atoms with Crippen LogP contribution in [-0.4, -0.2) is 24.4 Å². The van der Waals surface area contributed by atoms with Gasteiger partial charge in [-0.2, -0.15) is 0 Å². The monoisotopic (exact) mass is 292 g/mol. The second-order valence-electron chi connectivity index (χ2n) is 5.88. The summed E-state index contributed by atoms with van der Waals surface area (Å²) in [5.74, 6) is 0.859. The molecule has 1 unspecified atom stereocenters. The lowest BCUT2D eigenvalue weighted by Crippen LogP contribution is -2.16. The van der Waals surface area contributed by atoms with Crippen molar-refractivity contribution >= 4 is 0 Å². The first kappa shape index (κ1) is 16.3. The van der Waals surface area contributed by atoms with Crippen LogP contribution in [0.3, 0.4) is 0 Å². The van der Waals surface area contributed by atoms with Gasteiger partial charge >= 0.3 is 0 Å². The molecule has 0 radical (unpaired) electrons. The zero-order chi connectivity index (χ0) is 14.9. The Morgan fingerprint density at radius 1 is 1.10 bits per heavy atom. The number of aliphatic hydroxyl groups excluding tert-OH is 1. The van der Waals surface area contributed by atoms with E-state index in [2.05, 4.69) is 6.92 Å². The van der Waals surface area contributed by atoms with Gasteiger partial charge in [0, 0.05) is 0 Å². The zero-order valence-corrected chi connectivity index (χ0v) is 13.1. The van der Waals surface area contributed by atoms with E-state index >= 15 is 0 Å². The molecule has 1 aliphatic carbocycles. The van der Waals surface area contributed by atoms with Crippen LogP contribution >= 0.6 is 0 Å². The molecule has 1 N–H and O–H groups in total. The standard InChI is InChI=1S/C18H28O3/c1-2-13-20-17-11-9-15(10-12-17)18(19)14-21-16-7-5-3-4-6-8-16/h9-12,16,18-19H,2-8,13-14H2,1H3. The molecular formula is C18H28O3. The van der Waals surface area contributed by atoms with Crippen LogP contribution in [0, 0.1) is 0 Å². The molecule has 21 heavy (non-hydrogen) atoms. The molecule has 0 heterocycles. The molecule has 1 aromatic carbocycles. The highest BCUT2D eigenvalue weighted by Crippen LogP contribution is 2.23. The number of ether oxygens (including phenoxy) is 2. The predicted molar refractivity (Wildman–Crippen MR) is 84.6 cm³/mol. The van der Waals surface area contributed by atoms with Gasteiger partial charge < -0.3 is 14.6 Å². The summed E-state index contributed by atoms with van der Waals surface area (Å²) in [5, 5.41) is 10.2. The van der Waals surface area contributed by atoms with Gasteiger partial charge in [-0.15, -0.1) is 0 Å². The molecule has 118 valence electrons. The molecule has 0 saturated heterocycles. The average molecular weight is 292 g/mol. The third kappa shape index (κ3) is 5.68. The van der Waals surface area contributed by atoms with Crippen molar-refractivity contribution in [3.05, 3.63) is 29.8 Å². The van der Waals surface area contributed by atoms with Gasteiger partial charge in [0.25, 0.3) is 0 Å². The van der Waals surface area contributed by atoms with E-state index in [-0.39, 0.29) is 0 Å². The minimum Gasteiger partial charge on any atom is -0.494 e. The number of benzene rings is 1. The first-order valence-electron chi connectivity index (χ1n) is 8.32. The molecule has 0 aliphatic heterocycles. The fourth-order valence-corrected chi connectivity index (χ4v) is 2.74. The van der Waals surface area contributed by atoms with Crippen LogP contribution in [0.2, 0.25) is 0 Å². The van der Waals surface area contributed by atoms with Crippen molar-refractivity contribution in [1.29, 1.82) is 0 Å². The molecule has 2 rings (SSSR count). The van der Waals surface area contributed by atoms with E-state index in [1.807, 2.05) is 24.3 Å². The number of hydrogen-bond acceptors (Lipinski definition) is 3. The minimum absolute atomic E-state index is 0.328. The van der Waals surface area contributed by atoms with E-state index in [1.165, 1.54) is 25.7 Å². The Labute approximate surface area is 128 Å². The Hall–Kier alpha value is -1.06. The molecule has 3 heteroatoms. The Balaban J connectivity index is 1.77. The van der Waals surface area contributed by atoms with Gasteiger partial charge in [-0.3, -0.25) is 0 Å². The normalized spacial score (nSPS) is 18.2. The Kier molecular flexibility index (Phi) is 7.04. The quantitative estimate of drug-likeness (QED) is 0.764. The third-order valence-electron chi connectivity index (χ3n) is 4.03. The van der Waals surface area contributed by atoms with Crippen LogP contribution < -0.4 is 4.74 Å². The summed E-state index contributed by atoms with van der Waals surface area (Å²) < 4.78 is 11.4. The van der Waals surface area contributed by atoms with Gasteiger partial charge in [0.2, 0.25) is 0 Å². The highest BCUT2D eigenvalue weighted by atomic mass is 16.5. The van der Waals surface area contributed by atoms with E-state index in [0.717, 1.165) is 37.2 Å². The van der Waals surface area contributed by atoms with Gasteiger partial charge in [-0.25, -0.2) is 0 Å². The summed E-state index contributed by atoms with van der Waals surface area (Å²) in [6.45, 7) is 3.20. The Morgan fingerprint density at radius 2 is 1.76 bits per heavy atom.